The maximum Gasteiger partial charge on any atom is 0.201 e. The van der Waals surface area contributed by atoms with Crippen LogP contribution in [0.4, 0.5) is 0 Å². The number of hydrogen-bond acceptors (Lipinski definition) is 3. The maximum atomic E-state index is 10.3. The van der Waals surface area contributed by atoms with E-state index in [-0.39, 0.29) is 11.2 Å². The Kier molecular flexibility index (Phi) is 3.41. The smallest absolute Gasteiger partial charge is 0.201 e. The zero-order valence-electron chi connectivity index (χ0n) is 12.7. The number of hydrogen-bond donors (Lipinski definition) is 1. The number of ether oxygens (including phenoxy) is 2. The van der Waals surface area contributed by atoms with Gasteiger partial charge in [0.2, 0.25) is 5.75 Å². The molecule has 0 aromatic heterocycles. The molecule has 3 nitrogen and oxygen atoms in total. The van der Waals surface area contributed by atoms with Gasteiger partial charge < -0.3 is 14.6 Å². The van der Waals surface area contributed by atoms with Crippen LogP contribution in [-0.4, -0.2) is 19.3 Å². The normalized spacial score (nSPS) is 24.1. The first-order chi connectivity index (χ1) is 8.89. The second kappa shape index (κ2) is 4.62. The molecule has 19 heavy (non-hydrogen) atoms. The Balaban J connectivity index is 2.77. The van der Waals surface area contributed by atoms with Crippen LogP contribution in [0.15, 0.2) is 6.07 Å². The fourth-order valence-corrected chi connectivity index (χ4v) is 3.53. The predicted molar refractivity (Wildman–Crippen MR) is 76.4 cm³/mol. The van der Waals surface area contributed by atoms with Crippen LogP contribution in [0.2, 0.25) is 0 Å². The van der Waals surface area contributed by atoms with E-state index in [0.29, 0.717) is 23.3 Å². The lowest BCUT2D eigenvalue weighted by molar-refractivity contribution is 0.307. The average Bonchev–Trinajstić information content (AvgIpc) is 2.57. The summed E-state index contributed by atoms with van der Waals surface area (Å²) in [5, 5.41) is 10.3. The third-order valence-corrected chi connectivity index (χ3v) is 4.90. The molecular formula is C16H24O3. The van der Waals surface area contributed by atoms with Gasteiger partial charge in [0.25, 0.3) is 0 Å². The van der Waals surface area contributed by atoms with E-state index in [0.717, 1.165) is 12.0 Å². The van der Waals surface area contributed by atoms with Crippen LogP contribution in [0.3, 0.4) is 0 Å². The van der Waals surface area contributed by atoms with Crippen molar-refractivity contribution < 1.29 is 14.6 Å². The third-order valence-electron chi connectivity index (χ3n) is 4.90. The van der Waals surface area contributed by atoms with E-state index in [4.69, 9.17) is 9.47 Å². The number of rotatable bonds is 3. The molecule has 0 aliphatic heterocycles. The molecule has 106 valence electrons. The van der Waals surface area contributed by atoms with E-state index < -0.39 is 0 Å². The first kappa shape index (κ1) is 14.0. The van der Waals surface area contributed by atoms with Crippen LogP contribution in [-0.2, 0) is 5.41 Å². The fraction of sp³-hybridized carbons (Fsp3) is 0.625. The summed E-state index contributed by atoms with van der Waals surface area (Å²) < 4.78 is 10.8. The number of benzene rings is 1. The number of fused-ring (bicyclic) bond motifs is 1. The Morgan fingerprint density at radius 1 is 1.26 bits per heavy atom. The Morgan fingerprint density at radius 2 is 1.89 bits per heavy atom. The van der Waals surface area contributed by atoms with Gasteiger partial charge >= 0.3 is 0 Å². The molecule has 2 atom stereocenters. The lowest BCUT2D eigenvalue weighted by Crippen LogP contribution is -2.23. The molecule has 0 saturated carbocycles. The molecule has 2 rings (SSSR count). The first-order valence-electron chi connectivity index (χ1n) is 6.88. The summed E-state index contributed by atoms with van der Waals surface area (Å²) in [5.74, 6) is 2.17. The molecule has 0 amide bonds. The summed E-state index contributed by atoms with van der Waals surface area (Å²) in [6.45, 7) is 8.93. The van der Waals surface area contributed by atoms with E-state index in [1.165, 1.54) is 5.56 Å². The molecule has 0 bridgehead atoms. The molecule has 1 aromatic carbocycles. The van der Waals surface area contributed by atoms with Crippen LogP contribution in [0, 0.1) is 5.92 Å². The van der Waals surface area contributed by atoms with E-state index in [9.17, 15) is 5.11 Å². The molecule has 0 spiro atoms. The minimum absolute atomic E-state index is 0.00882. The molecule has 1 aromatic rings. The quantitative estimate of drug-likeness (QED) is 0.901. The molecule has 0 fully saturated rings. The van der Waals surface area contributed by atoms with Crippen molar-refractivity contribution >= 4 is 0 Å². The van der Waals surface area contributed by atoms with Crippen LogP contribution in [0.25, 0.3) is 0 Å². The number of phenolic OH excluding ortho intramolecular Hbond substituents is 1. The van der Waals surface area contributed by atoms with Crippen molar-refractivity contribution in [3.8, 4) is 17.2 Å². The molecule has 0 radical (unpaired) electrons. The van der Waals surface area contributed by atoms with Crippen molar-refractivity contribution in [3.05, 3.63) is 17.2 Å². The minimum Gasteiger partial charge on any atom is -0.502 e. The van der Waals surface area contributed by atoms with Gasteiger partial charge in [0.15, 0.2) is 11.5 Å². The summed E-state index contributed by atoms with van der Waals surface area (Å²) >= 11 is 0. The Hall–Kier alpha value is -1.38. The van der Waals surface area contributed by atoms with Crippen molar-refractivity contribution in [2.45, 2.75) is 45.4 Å². The first-order valence-corrected chi connectivity index (χ1v) is 6.88. The van der Waals surface area contributed by atoms with E-state index in [1.54, 1.807) is 14.2 Å². The van der Waals surface area contributed by atoms with Crippen LogP contribution >= 0.6 is 0 Å². The topological polar surface area (TPSA) is 38.7 Å². The minimum atomic E-state index is -0.00882. The predicted octanol–water partition coefficient (Wildman–Crippen LogP) is 3.83. The lowest BCUT2D eigenvalue weighted by atomic mass is 9.76. The van der Waals surface area contributed by atoms with Gasteiger partial charge in [0, 0.05) is 5.56 Å². The molecule has 1 N–H and O–H groups in total. The molecule has 0 saturated heterocycles. The fourth-order valence-electron chi connectivity index (χ4n) is 3.53. The zero-order chi connectivity index (χ0) is 14.4. The number of methoxy groups -OCH3 is 2. The second-order valence-electron chi connectivity index (χ2n) is 5.95. The van der Waals surface area contributed by atoms with Gasteiger partial charge in [0.1, 0.15) is 0 Å². The standard InChI is InChI=1S/C16H24O3/c1-7-10-9(2)16(3,4)13-11(10)8-12(18-5)14(17)15(13)19-6/h8-10,17H,7H2,1-6H3/t9-,10+/m0/s1. The largest absolute Gasteiger partial charge is 0.502 e. The second-order valence-corrected chi connectivity index (χ2v) is 5.95. The van der Waals surface area contributed by atoms with Crippen LogP contribution in [0.1, 0.15) is 51.2 Å². The van der Waals surface area contributed by atoms with Crippen LogP contribution < -0.4 is 9.47 Å². The summed E-state index contributed by atoms with van der Waals surface area (Å²) in [6.07, 6.45) is 1.08. The Labute approximate surface area is 115 Å². The molecule has 0 unspecified atom stereocenters. The molecule has 1 aliphatic carbocycles. The molecule has 1 aliphatic rings. The highest BCUT2D eigenvalue weighted by Gasteiger charge is 2.46. The van der Waals surface area contributed by atoms with Gasteiger partial charge in [-0.2, -0.15) is 0 Å². The van der Waals surface area contributed by atoms with Gasteiger partial charge in [-0.05, 0) is 35.3 Å². The summed E-state index contributed by atoms with van der Waals surface area (Å²) in [5.41, 5.74) is 2.38. The molecule has 0 heterocycles. The maximum absolute atomic E-state index is 10.3. The van der Waals surface area contributed by atoms with Crippen molar-refractivity contribution in [1.82, 2.24) is 0 Å². The number of aromatic hydroxyl groups is 1. The van der Waals surface area contributed by atoms with Crippen molar-refractivity contribution in [3.63, 3.8) is 0 Å². The van der Waals surface area contributed by atoms with Crippen molar-refractivity contribution in [2.24, 2.45) is 5.92 Å². The highest BCUT2D eigenvalue weighted by atomic mass is 16.5. The number of phenols is 1. The lowest BCUT2D eigenvalue weighted by Gasteiger charge is -2.28. The van der Waals surface area contributed by atoms with Crippen molar-refractivity contribution in [2.75, 3.05) is 14.2 Å². The molecule has 3 heteroatoms. The van der Waals surface area contributed by atoms with Crippen molar-refractivity contribution in [1.29, 1.82) is 0 Å². The summed E-state index contributed by atoms with van der Waals surface area (Å²) in [7, 11) is 3.18. The summed E-state index contributed by atoms with van der Waals surface area (Å²) in [4.78, 5) is 0. The highest BCUT2D eigenvalue weighted by molar-refractivity contribution is 5.63. The Bertz CT molecular complexity index is 491. The zero-order valence-corrected chi connectivity index (χ0v) is 12.7. The average molecular weight is 264 g/mol. The van der Waals surface area contributed by atoms with Gasteiger partial charge in [-0.15, -0.1) is 0 Å². The van der Waals surface area contributed by atoms with E-state index >= 15 is 0 Å². The SMILES string of the molecule is CC[C@H]1c2cc(OC)c(O)c(OC)c2C(C)(C)[C@H]1C. The Morgan fingerprint density at radius 3 is 2.37 bits per heavy atom. The van der Waals surface area contributed by atoms with Gasteiger partial charge in [0.05, 0.1) is 14.2 Å². The molecular weight excluding hydrogens is 240 g/mol. The third kappa shape index (κ3) is 1.78. The van der Waals surface area contributed by atoms with E-state index in [1.807, 2.05) is 6.07 Å². The van der Waals surface area contributed by atoms with Crippen LogP contribution in [0.5, 0.6) is 17.2 Å². The van der Waals surface area contributed by atoms with Gasteiger partial charge in [-0.25, -0.2) is 0 Å². The summed E-state index contributed by atoms with van der Waals surface area (Å²) in [6, 6.07) is 1.98. The monoisotopic (exact) mass is 264 g/mol. The van der Waals surface area contributed by atoms with Gasteiger partial charge in [-0.3, -0.25) is 0 Å². The highest BCUT2D eigenvalue weighted by Crippen LogP contribution is 2.58. The van der Waals surface area contributed by atoms with Gasteiger partial charge in [-0.1, -0.05) is 27.7 Å². The van der Waals surface area contributed by atoms with E-state index in [2.05, 4.69) is 27.7 Å².